The van der Waals surface area contributed by atoms with E-state index in [-0.39, 0.29) is 38.6 Å². The predicted molar refractivity (Wildman–Crippen MR) is 144 cm³/mol. The smallest absolute Gasteiger partial charge is 0.416 e. The van der Waals surface area contributed by atoms with E-state index >= 15 is 0 Å². The molecule has 212 valence electrons. The van der Waals surface area contributed by atoms with Gasteiger partial charge < -0.3 is 9.47 Å². The molecule has 0 aliphatic heterocycles. The first-order chi connectivity index (χ1) is 19.3. The number of fused-ring (bicyclic) bond motifs is 1. The average Bonchev–Trinajstić information content (AvgIpc) is 2.90. The molecule has 3 aromatic carbocycles. The van der Waals surface area contributed by atoms with E-state index in [1.165, 1.54) is 30.3 Å². The highest BCUT2D eigenvalue weighted by molar-refractivity contribution is 6.32. The number of carbonyl (C=O) groups is 1. The maximum atomic E-state index is 13.4. The van der Waals surface area contributed by atoms with E-state index in [4.69, 9.17) is 21.1 Å². The van der Waals surface area contributed by atoms with Crippen LogP contribution in [0.15, 0.2) is 70.6 Å². The van der Waals surface area contributed by atoms with Crippen molar-refractivity contribution in [2.75, 3.05) is 6.61 Å². The summed E-state index contributed by atoms with van der Waals surface area (Å²) >= 11 is 6.22. The summed E-state index contributed by atoms with van der Waals surface area (Å²) in [6.45, 7) is 2.61. The molecule has 1 heterocycles. The molecule has 0 aliphatic carbocycles. The van der Waals surface area contributed by atoms with Gasteiger partial charge in [0.2, 0.25) is 5.75 Å². The summed E-state index contributed by atoms with van der Waals surface area (Å²) in [6.07, 6.45) is -4.01. The fourth-order valence-corrected chi connectivity index (χ4v) is 4.03. The van der Waals surface area contributed by atoms with Crippen LogP contribution in [0.1, 0.15) is 25.0 Å². The number of rotatable bonds is 8. The van der Waals surface area contributed by atoms with E-state index in [0.717, 1.165) is 29.1 Å². The zero-order valence-corrected chi connectivity index (χ0v) is 22.1. The molecule has 0 saturated carbocycles. The first kappa shape index (κ1) is 29.2. The van der Waals surface area contributed by atoms with Gasteiger partial charge in [0.05, 0.1) is 38.7 Å². The van der Waals surface area contributed by atoms with Crippen molar-refractivity contribution in [1.29, 1.82) is 0 Å². The average molecular weight is 589 g/mol. The number of benzene rings is 3. The number of ether oxygens (including phenoxy) is 2. The lowest BCUT2D eigenvalue weighted by atomic mass is 10.1. The van der Waals surface area contributed by atoms with Gasteiger partial charge in [0.1, 0.15) is 0 Å². The summed E-state index contributed by atoms with van der Waals surface area (Å²) in [5.41, 5.74) is -2.01. The van der Waals surface area contributed by atoms with Crippen LogP contribution in [0.5, 0.6) is 5.75 Å². The van der Waals surface area contributed by atoms with Crippen molar-refractivity contribution in [2.24, 2.45) is 5.10 Å². The summed E-state index contributed by atoms with van der Waals surface area (Å²) in [7, 11) is 0. The third-order valence-electron chi connectivity index (χ3n) is 5.47. The molecule has 0 spiro atoms. The Morgan fingerprint density at radius 1 is 1.17 bits per heavy atom. The zero-order chi connectivity index (χ0) is 29.9. The fourth-order valence-electron chi connectivity index (χ4n) is 3.76. The Balaban J connectivity index is 1.80. The Kier molecular flexibility index (Phi) is 8.38. The first-order valence-electron chi connectivity index (χ1n) is 11.9. The number of para-hydroxylation sites is 1. The lowest BCUT2D eigenvalue weighted by molar-refractivity contribution is -0.385. The summed E-state index contributed by atoms with van der Waals surface area (Å²) in [5, 5.41) is 15.7. The molecule has 4 rings (SSSR count). The molecule has 0 radical (unpaired) electrons. The number of aromatic nitrogens is 2. The molecule has 0 atom stereocenters. The van der Waals surface area contributed by atoms with Crippen LogP contribution in [0.3, 0.4) is 0 Å². The van der Waals surface area contributed by atoms with Crippen LogP contribution in [-0.2, 0) is 15.7 Å². The van der Waals surface area contributed by atoms with Gasteiger partial charge in [-0.1, -0.05) is 35.9 Å². The van der Waals surface area contributed by atoms with Crippen molar-refractivity contribution in [3.05, 3.63) is 97.3 Å². The van der Waals surface area contributed by atoms with Crippen LogP contribution < -0.4 is 10.3 Å². The normalized spacial score (nSPS) is 11.8. The van der Waals surface area contributed by atoms with Crippen molar-refractivity contribution in [2.45, 2.75) is 26.1 Å². The zero-order valence-electron chi connectivity index (χ0n) is 21.4. The van der Waals surface area contributed by atoms with Crippen LogP contribution in [0.2, 0.25) is 5.02 Å². The summed E-state index contributed by atoms with van der Waals surface area (Å²) in [5.74, 6) is -1.34. The van der Waals surface area contributed by atoms with E-state index in [9.17, 15) is 32.9 Å². The SMILES string of the molecule is CC(C)OC(=O)COc1c(Cl)cc(C=Nn2c(-c3cccc(C(F)(F)F)c3)nc3ccccc3c2=O)cc1[N+](=O)[O-]. The Labute approximate surface area is 234 Å². The molecule has 1 aromatic heterocycles. The van der Waals surface area contributed by atoms with Gasteiger partial charge in [-0.05, 0) is 44.2 Å². The molecule has 0 saturated heterocycles. The minimum absolute atomic E-state index is 0.0409. The number of nitro benzene ring substituents is 1. The Morgan fingerprint density at radius 3 is 2.59 bits per heavy atom. The van der Waals surface area contributed by atoms with Crippen LogP contribution in [-0.4, -0.2) is 39.5 Å². The van der Waals surface area contributed by atoms with E-state index in [2.05, 4.69) is 10.1 Å². The van der Waals surface area contributed by atoms with Gasteiger partial charge in [-0.2, -0.15) is 22.9 Å². The van der Waals surface area contributed by atoms with Crippen molar-refractivity contribution in [1.82, 2.24) is 9.66 Å². The number of nitro groups is 1. The monoisotopic (exact) mass is 588 g/mol. The van der Waals surface area contributed by atoms with Gasteiger partial charge in [-0.15, -0.1) is 0 Å². The minimum Gasteiger partial charge on any atom is -0.474 e. The lowest BCUT2D eigenvalue weighted by Gasteiger charge is -2.12. The molecule has 0 bridgehead atoms. The molecule has 0 amide bonds. The van der Waals surface area contributed by atoms with Crippen molar-refractivity contribution >= 4 is 40.4 Å². The number of halogens is 4. The largest absolute Gasteiger partial charge is 0.474 e. The van der Waals surface area contributed by atoms with Crippen LogP contribution in [0.4, 0.5) is 18.9 Å². The summed E-state index contributed by atoms with van der Waals surface area (Å²) < 4.78 is 51.2. The van der Waals surface area contributed by atoms with E-state index in [0.29, 0.717) is 0 Å². The van der Waals surface area contributed by atoms with E-state index < -0.39 is 46.6 Å². The molecule has 10 nitrogen and oxygen atoms in total. The van der Waals surface area contributed by atoms with Crippen molar-refractivity contribution in [3.8, 4) is 17.1 Å². The number of nitrogens with zero attached hydrogens (tertiary/aromatic N) is 4. The second-order valence-corrected chi connectivity index (χ2v) is 9.24. The van der Waals surface area contributed by atoms with Gasteiger partial charge >= 0.3 is 17.8 Å². The lowest BCUT2D eigenvalue weighted by Crippen LogP contribution is -2.20. The molecule has 14 heteroatoms. The second kappa shape index (κ2) is 11.8. The van der Waals surface area contributed by atoms with Gasteiger partial charge in [0.25, 0.3) is 5.56 Å². The van der Waals surface area contributed by atoms with Crippen LogP contribution in [0, 0.1) is 10.1 Å². The number of alkyl halides is 3. The van der Waals surface area contributed by atoms with Gasteiger partial charge in [0.15, 0.2) is 12.4 Å². The van der Waals surface area contributed by atoms with Crippen molar-refractivity contribution < 1.29 is 32.4 Å². The molecule has 0 N–H and O–H groups in total. The van der Waals surface area contributed by atoms with Crippen LogP contribution in [0.25, 0.3) is 22.3 Å². The highest BCUT2D eigenvalue weighted by Gasteiger charge is 2.31. The van der Waals surface area contributed by atoms with E-state index in [1.54, 1.807) is 26.0 Å². The van der Waals surface area contributed by atoms with Gasteiger partial charge in [0, 0.05) is 17.2 Å². The third kappa shape index (κ3) is 6.69. The molecular weight excluding hydrogens is 569 g/mol. The molecule has 0 fully saturated rings. The number of esters is 1. The maximum absolute atomic E-state index is 13.4. The molecule has 41 heavy (non-hydrogen) atoms. The third-order valence-corrected chi connectivity index (χ3v) is 5.75. The van der Waals surface area contributed by atoms with Gasteiger partial charge in [-0.3, -0.25) is 14.9 Å². The number of carbonyl (C=O) groups excluding carboxylic acids is 1. The quantitative estimate of drug-likeness (QED) is 0.109. The standard InChI is InChI=1S/C27H20ClF3N4O6/c1-15(2)41-23(36)14-40-24-20(28)10-16(11-22(24)35(38)39)13-32-34-25(17-6-5-7-18(12-17)27(29,30)31)33-21-9-4-3-8-19(21)26(34)37/h3-13,15H,14H2,1-2H3. The Bertz CT molecular complexity index is 1740. The van der Waals surface area contributed by atoms with Crippen molar-refractivity contribution in [3.63, 3.8) is 0 Å². The number of hydrogen-bond acceptors (Lipinski definition) is 8. The summed E-state index contributed by atoms with van der Waals surface area (Å²) in [6, 6.07) is 12.7. The molecular formula is C27H20ClF3N4O6. The molecule has 0 aliphatic rings. The molecule has 4 aromatic rings. The predicted octanol–water partition coefficient (Wildman–Crippen LogP) is 5.86. The Morgan fingerprint density at radius 2 is 1.90 bits per heavy atom. The van der Waals surface area contributed by atoms with E-state index in [1.807, 2.05) is 0 Å². The highest BCUT2D eigenvalue weighted by atomic mass is 35.5. The fraction of sp³-hybridized carbons (Fsp3) is 0.185. The highest BCUT2D eigenvalue weighted by Crippen LogP contribution is 2.36. The van der Waals surface area contributed by atoms with Gasteiger partial charge in [-0.25, -0.2) is 9.78 Å². The summed E-state index contributed by atoms with van der Waals surface area (Å²) in [4.78, 5) is 40.5. The topological polar surface area (TPSA) is 126 Å². The first-order valence-corrected chi connectivity index (χ1v) is 12.3. The Hall–Kier alpha value is -4.78. The molecule has 0 unspecified atom stereocenters. The maximum Gasteiger partial charge on any atom is 0.416 e. The minimum atomic E-state index is -4.65. The number of hydrogen-bond donors (Lipinski definition) is 0. The van der Waals surface area contributed by atoms with Crippen LogP contribution >= 0.6 is 11.6 Å². The second-order valence-electron chi connectivity index (χ2n) is 8.83.